The van der Waals surface area contributed by atoms with Gasteiger partial charge in [-0.2, -0.15) is 0 Å². The molecule has 0 heterocycles. The second kappa shape index (κ2) is 7.45. The van der Waals surface area contributed by atoms with Crippen LogP contribution in [0, 0.1) is 0 Å². The van der Waals surface area contributed by atoms with Gasteiger partial charge in [-0.1, -0.05) is 11.6 Å². The molecule has 0 aromatic heterocycles. The molecule has 98 valence electrons. The Morgan fingerprint density at radius 2 is 1.94 bits per heavy atom. The number of halogens is 1. The van der Waals surface area contributed by atoms with E-state index in [1.165, 1.54) is 4.90 Å². The average Bonchev–Trinajstić information content (AvgIpc) is 2.33. The largest absolute Gasteiger partial charge is 0.378 e. The van der Waals surface area contributed by atoms with Crippen molar-refractivity contribution >= 4 is 24.3 Å². The number of ether oxygens (including phenoxy) is 1. The fourth-order valence-electron chi connectivity index (χ4n) is 1.40. The van der Waals surface area contributed by atoms with Gasteiger partial charge < -0.3 is 9.64 Å². The topological polar surface area (TPSA) is 46.6 Å². The number of hydrogen-bond donors (Lipinski definition) is 0. The normalized spacial score (nSPS) is 23.6. The quantitative estimate of drug-likeness (QED) is 0.730. The summed E-state index contributed by atoms with van der Waals surface area (Å²) in [7, 11) is 5.04. The highest BCUT2D eigenvalue weighted by Gasteiger charge is 2.30. The Labute approximate surface area is 108 Å². The van der Waals surface area contributed by atoms with Crippen LogP contribution in [-0.4, -0.2) is 44.4 Å². The monoisotopic (exact) mass is 261 g/mol. The molecule has 0 radical (unpaired) electrons. The fourth-order valence-corrected chi connectivity index (χ4v) is 1.61. The molecule has 1 unspecified atom stereocenters. The maximum Gasteiger partial charge on any atom is 0.209 e. The van der Waals surface area contributed by atoms with Crippen LogP contribution < -0.4 is 0 Å². The van der Waals surface area contributed by atoms with E-state index in [4.69, 9.17) is 16.3 Å². The third kappa shape index (κ3) is 5.84. The van der Waals surface area contributed by atoms with Crippen LogP contribution in [0.15, 0.2) is 10.6 Å². The van der Waals surface area contributed by atoms with Crippen LogP contribution in [-0.2, 0) is 14.3 Å². The van der Waals surface area contributed by atoms with Crippen molar-refractivity contribution in [1.82, 2.24) is 4.90 Å². The van der Waals surface area contributed by atoms with Crippen molar-refractivity contribution in [1.29, 1.82) is 0 Å². The fraction of sp³-hybridized carbons (Fsp3) is 0.667. The first-order chi connectivity index (χ1) is 7.88. The number of aldehydes is 1. The molecule has 0 bridgehead atoms. The molecule has 0 spiro atoms. The molecule has 0 saturated heterocycles. The summed E-state index contributed by atoms with van der Waals surface area (Å²) in [5.74, 6) is 0. The number of methoxy groups -OCH3 is 1. The first-order valence-corrected chi connectivity index (χ1v) is 5.76. The molecule has 1 rings (SSSR count). The van der Waals surface area contributed by atoms with E-state index in [-0.39, 0.29) is 5.60 Å². The molecular formula is C12H20ClNO3. The highest BCUT2D eigenvalue weighted by Crippen LogP contribution is 2.35. The van der Waals surface area contributed by atoms with E-state index in [0.29, 0.717) is 17.0 Å². The first-order valence-electron chi connectivity index (χ1n) is 5.38. The number of carbonyl (C=O) groups is 2. The molecule has 4 nitrogen and oxygen atoms in total. The summed E-state index contributed by atoms with van der Waals surface area (Å²) < 4.78 is 5.31. The number of nitrogens with zero attached hydrogens (tertiary/aromatic N) is 1. The maximum absolute atomic E-state index is 10.6. The summed E-state index contributed by atoms with van der Waals surface area (Å²) >= 11 is 5.86. The van der Waals surface area contributed by atoms with E-state index >= 15 is 0 Å². The zero-order valence-electron chi connectivity index (χ0n) is 10.8. The van der Waals surface area contributed by atoms with Gasteiger partial charge >= 0.3 is 0 Å². The van der Waals surface area contributed by atoms with Gasteiger partial charge in [0.2, 0.25) is 6.41 Å². The van der Waals surface area contributed by atoms with Gasteiger partial charge in [-0.05, 0) is 19.8 Å². The van der Waals surface area contributed by atoms with Crippen LogP contribution in [0.2, 0.25) is 0 Å². The van der Waals surface area contributed by atoms with Crippen molar-refractivity contribution in [2.24, 2.45) is 0 Å². The number of rotatable bonds is 3. The molecule has 0 aliphatic heterocycles. The lowest BCUT2D eigenvalue weighted by Gasteiger charge is -2.32. The second-order valence-corrected chi connectivity index (χ2v) is 4.90. The molecule has 0 aromatic carbocycles. The molecule has 5 heteroatoms. The van der Waals surface area contributed by atoms with Crippen LogP contribution in [0.25, 0.3) is 0 Å². The minimum absolute atomic E-state index is 0.200. The van der Waals surface area contributed by atoms with Gasteiger partial charge in [0.25, 0.3) is 0 Å². The Kier molecular flexibility index (Phi) is 7.07. The number of hydrogen-bond acceptors (Lipinski definition) is 3. The third-order valence-electron chi connectivity index (χ3n) is 2.63. The van der Waals surface area contributed by atoms with E-state index in [0.717, 1.165) is 25.5 Å². The van der Waals surface area contributed by atoms with Gasteiger partial charge in [0.1, 0.15) is 6.29 Å². The number of carbonyl (C=O) groups excluding carboxylic acids is 2. The lowest BCUT2D eigenvalue weighted by Crippen LogP contribution is -2.31. The van der Waals surface area contributed by atoms with E-state index in [1.54, 1.807) is 21.2 Å². The van der Waals surface area contributed by atoms with Gasteiger partial charge in [-0.15, -0.1) is 0 Å². The summed E-state index contributed by atoms with van der Waals surface area (Å²) in [5, 5.41) is 0.694. The molecule has 1 aliphatic carbocycles. The highest BCUT2D eigenvalue weighted by atomic mass is 35.5. The van der Waals surface area contributed by atoms with E-state index in [1.807, 2.05) is 6.92 Å². The van der Waals surface area contributed by atoms with Crippen molar-refractivity contribution in [2.75, 3.05) is 21.2 Å². The summed E-state index contributed by atoms with van der Waals surface area (Å²) in [4.78, 5) is 21.5. The van der Waals surface area contributed by atoms with Crippen molar-refractivity contribution < 1.29 is 14.3 Å². The van der Waals surface area contributed by atoms with Crippen LogP contribution in [0.4, 0.5) is 0 Å². The van der Waals surface area contributed by atoms with Gasteiger partial charge in [-0.25, -0.2) is 0 Å². The summed E-state index contributed by atoms with van der Waals surface area (Å²) in [6.45, 7) is 2.00. The van der Waals surface area contributed by atoms with Crippen molar-refractivity contribution in [3.63, 3.8) is 0 Å². The Morgan fingerprint density at radius 1 is 1.41 bits per heavy atom. The van der Waals surface area contributed by atoms with Crippen LogP contribution >= 0.6 is 11.6 Å². The van der Waals surface area contributed by atoms with E-state index in [2.05, 4.69) is 0 Å². The summed E-state index contributed by atoms with van der Waals surface area (Å²) in [6, 6.07) is 0. The molecule has 1 atom stereocenters. The lowest BCUT2D eigenvalue weighted by atomic mass is 9.86. The molecule has 0 N–H and O–H groups in total. The van der Waals surface area contributed by atoms with Crippen LogP contribution in [0.5, 0.6) is 0 Å². The molecule has 1 aliphatic rings. The molecule has 0 fully saturated rings. The van der Waals surface area contributed by atoms with E-state index < -0.39 is 0 Å². The van der Waals surface area contributed by atoms with Gasteiger partial charge in [-0.3, -0.25) is 9.59 Å². The van der Waals surface area contributed by atoms with E-state index in [9.17, 15) is 9.59 Å². The Morgan fingerprint density at radius 3 is 2.29 bits per heavy atom. The highest BCUT2D eigenvalue weighted by molar-refractivity contribution is 6.31. The van der Waals surface area contributed by atoms with Crippen molar-refractivity contribution in [3.05, 3.63) is 10.6 Å². The third-order valence-corrected chi connectivity index (χ3v) is 3.06. The summed E-state index contributed by atoms with van der Waals surface area (Å²) in [6.07, 6.45) is 3.85. The molecule has 17 heavy (non-hydrogen) atoms. The smallest absolute Gasteiger partial charge is 0.209 e. The molecule has 0 saturated carbocycles. The number of amides is 1. The molecular weight excluding hydrogens is 242 g/mol. The molecule has 1 amide bonds. The molecule has 0 aromatic rings. The standard InChI is InChI=1S/C9H13ClO2.C3H7NO/c1-9(12-2)4-3-8(10)7(5-9)6-11;1-4(2)3-5/h6H,3-5H2,1-2H3;3H,1-2H3. The zero-order valence-corrected chi connectivity index (χ0v) is 11.6. The number of allylic oxidation sites excluding steroid dienone is 1. The SMILES string of the molecule is CN(C)C=O.COC1(C)CCC(Cl)=C(C=O)C1. The predicted molar refractivity (Wildman–Crippen MR) is 68.0 cm³/mol. The summed E-state index contributed by atoms with van der Waals surface area (Å²) in [5.41, 5.74) is 0.488. The Balaban J connectivity index is 0.000000437. The van der Waals surface area contributed by atoms with Crippen molar-refractivity contribution in [2.45, 2.75) is 31.8 Å². The average molecular weight is 262 g/mol. The van der Waals surface area contributed by atoms with Crippen LogP contribution in [0.3, 0.4) is 0 Å². The lowest BCUT2D eigenvalue weighted by molar-refractivity contribution is -0.115. The van der Waals surface area contributed by atoms with Gasteiger partial charge in [0, 0.05) is 38.2 Å². The zero-order chi connectivity index (χ0) is 13.5. The van der Waals surface area contributed by atoms with Gasteiger partial charge in [0.05, 0.1) is 5.60 Å². The van der Waals surface area contributed by atoms with Gasteiger partial charge in [0.15, 0.2) is 0 Å². The minimum Gasteiger partial charge on any atom is -0.378 e. The van der Waals surface area contributed by atoms with Crippen LogP contribution in [0.1, 0.15) is 26.2 Å². The minimum atomic E-state index is -0.200. The van der Waals surface area contributed by atoms with Crippen molar-refractivity contribution in [3.8, 4) is 0 Å². The first kappa shape index (κ1) is 16.1. The second-order valence-electron chi connectivity index (χ2n) is 4.45. The Hall–Kier alpha value is -0.870. The maximum atomic E-state index is 10.6. The Bertz CT molecular complexity index is 302. The predicted octanol–water partition coefficient (Wildman–Crippen LogP) is 1.97.